The summed E-state index contributed by atoms with van der Waals surface area (Å²) in [7, 11) is 0. The summed E-state index contributed by atoms with van der Waals surface area (Å²) >= 11 is 1.53. The van der Waals surface area contributed by atoms with Crippen molar-refractivity contribution in [2.75, 3.05) is 12.0 Å². The molecule has 0 spiro atoms. The quantitative estimate of drug-likeness (QED) is 0.752. The van der Waals surface area contributed by atoms with Crippen LogP contribution in [0.3, 0.4) is 0 Å². The minimum atomic E-state index is -1.38. The van der Waals surface area contributed by atoms with Gasteiger partial charge in [0.15, 0.2) is 0 Å². The number of hydrogen-bond donors (Lipinski definition) is 1. The number of aliphatic carboxylic acids is 1. The molecule has 0 saturated carbocycles. The summed E-state index contributed by atoms with van der Waals surface area (Å²) in [4.78, 5) is 40.2. The highest BCUT2D eigenvalue weighted by Crippen LogP contribution is 2.15. The van der Waals surface area contributed by atoms with Crippen LogP contribution in [-0.2, 0) is 9.59 Å². The van der Waals surface area contributed by atoms with Gasteiger partial charge in [0.1, 0.15) is 6.04 Å². The first kappa shape index (κ1) is 18.0. The number of benzene rings is 1. The highest BCUT2D eigenvalue weighted by molar-refractivity contribution is 7.98. The van der Waals surface area contributed by atoms with Gasteiger partial charge in [-0.1, -0.05) is 12.1 Å². The van der Waals surface area contributed by atoms with Crippen molar-refractivity contribution in [2.45, 2.75) is 25.4 Å². The van der Waals surface area contributed by atoms with Gasteiger partial charge < -0.3 is 15.2 Å². The van der Waals surface area contributed by atoms with E-state index in [0.29, 0.717) is 23.1 Å². The van der Waals surface area contributed by atoms with E-state index < -0.39 is 24.0 Å². The smallest absolute Gasteiger partial charge is 0.261 e. The maximum absolute atomic E-state index is 12.7. The second-order valence-electron chi connectivity index (χ2n) is 5.32. The number of thioether (sulfide) groups is 1. The zero-order valence-corrected chi connectivity index (χ0v) is 14.2. The summed E-state index contributed by atoms with van der Waals surface area (Å²) in [5, 5.41) is 13.6. The Morgan fingerprint density at radius 3 is 2.75 bits per heavy atom. The monoisotopic (exact) mass is 348 g/mol. The van der Waals surface area contributed by atoms with E-state index in [1.165, 1.54) is 29.6 Å². The van der Waals surface area contributed by atoms with Gasteiger partial charge in [0.2, 0.25) is 5.91 Å². The number of para-hydroxylation sites is 1. The lowest BCUT2D eigenvalue weighted by molar-refractivity contribution is -0.307. The lowest BCUT2D eigenvalue weighted by Crippen LogP contribution is -2.49. The summed E-state index contributed by atoms with van der Waals surface area (Å²) in [6, 6.07) is 4.90. The first-order chi connectivity index (χ1) is 11.5. The number of carbonyl (C=O) groups excluding carboxylic acids is 2. The number of nitrogens with zero attached hydrogens (tertiary/aromatic N) is 2. The van der Waals surface area contributed by atoms with E-state index in [0.717, 1.165) is 0 Å². The molecule has 1 amide bonds. The summed E-state index contributed by atoms with van der Waals surface area (Å²) in [6.07, 6.45) is 3.60. The highest BCUT2D eigenvalue weighted by Gasteiger charge is 2.23. The third-order valence-electron chi connectivity index (χ3n) is 3.64. The molecule has 1 N–H and O–H groups in total. The fourth-order valence-corrected chi connectivity index (χ4v) is 2.76. The Labute approximate surface area is 143 Å². The van der Waals surface area contributed by atoms with Crippen LogP contribution in [0.15, 0.2) is 35.4 Å². The van der Waals surface area contributed by atoms with E-state index in [1.807, 2.05) is 6.26 Å². The largest absolute Gasteiger partial charge is 0.548 e. The maximum Gasteiger partial charge on any atom is 0.261 e. The number of amides is 1. The third-order valence-corrected chi connectivity index (χ3v) is 4.28. The Kier molecular flexibility index (Phi) is 5.97. The minimum Gasteiger partial charge on any atom is -0.548 e. The van der Waals surface area contributed by atoms with Crippen LogP contribution >= 0.6 is 11.8 Å². The summed E-state index contributed by atoms with van der Waals surface area (Å²) in [6.45, 7) is 1.32. The Balaban J connectivity index is 2.40. The van der Waals surface area contributed by atoms with Gasteiger partial charge in [-0.15, -0.1) is 0 Å². The van der Waals surface area contributed by atoms with Gasteiger partial charge in [-0.3, -0.25) is 14.2 Å². The molecule has 0 bridgehead atoms. The molecule has 1 aromatic heterocycles. The van der Waals surface area contributed by atoms with Crippen molar-refractivity contribution in [3.05, 3.63) is 40.9 Å². The first-order valence-electron chi connectivity index (χ1n) is 7.41. The fraction of sp³-hybridized carbons (Fsp3) is 0.375. The van der Waals surface area contributed by atoms with Crippen molar-refractivity contribution >= 4 is 34.5 Å². The first-order valence-corrected chi connectivity index (χ1v) is 8.81. The molecular formula is C16H18N3O4S-. The number of aromatic nitrogens is 2. The molecule has 0 unspecified atom stereocenters. The molecule has 0 aliphatic heterocycles. The Morgan fingerprint density at radius 2 is 2.08 bits per heavy atom. The Bertz CT molecular complexity index is 805. The number of nitrogens with one attached hydrogen (secondary N) is 1. The molecule has 2 aromatic rings. The van der Waals surface area contributed by atoms with Crippen molar-refractivity contribution in [3.8, 4) is 0 Å². The summed E-state index contributed by atoms with van der Waals surface area (Å²) in [5.74, 6) is -1.28. The highest BCUT2D eigenvalue weighted by atomic mass is 32.2. The normalized spacial score (nSPS) is 13.4. The zero-order valence-electron chi connectivity index (χ0n) is 13.4. The molecule has 2 atom stereocenters. The number of carboxylic acid groups (broad SMARTS) is 1. The molecule has 7 nitrogen and oxygen atoms in total. The molecular weight excluding hydrogens is 330 g/mol. The Morgan fingerprint density at radius 1 is 1.38 bits per heavy atom. The predicted molar refractivity (Wildman–Crippen MR) is 90.7 cm³/mol. The molecule has 8 heteroatoms. The van der Waals surface area contributed by atoms with Gasteiger partial charge in [-0.05, 0) is 37.5 Å². The molecule has 0 aliphatic carbocycles. The fourth-order valence-electron chi connectivity index (χ4n) is 2.30. The summed E-state index contributed by atoms with van der Waals surface area (Å²) < 4.78 is 1.26. The Hall–Kier alpha value is -2.35. The van der Waals surface area contributed by atoms with E-state index in [9.17, 15) is 19.5 Å². The molecule has 128 valence electrons. The van der Waals surface area contributed by atoms with Crippen LogP contribution in [0.5, 0.6) is 0 Å². The standard InChI is InChI=1S/C16H19N3O4S/c1-10(16(22)23)18-14(20)13(7-8-24-2)19-9-17-12-6-4-3-5-11(12)15(19)21/h3-6,9-10,13H,7-8H2,1-2H3,(H,18,20)(H,22,23)/p-1/t10-,13-/m0/s1. The van der Waals surface area contributed by atoms with Crippen LogP contribution < -0.4 is 16.0 Å². The number of rotatable bonds is 7. The van der Waals surface area contributed by atoms with Gasteiger partial charge in [-0.2, -0.15) is 11.8 Å². The van der Waals surface area contributed by atoms with E-state index in [2.05, 4.69) is 10.3 Å². The second kappa shape index (κ2) is 7.96. The van der Waals surface area contributed by atoms with Gasteiger partial charge in [0.25, 0.3) is 5.56 Å². The zero-order chi connectivity index (χ0) is 17.7. The van der Waals surface area contributed by atoms with Gasteiger partial charge in [-0.25, -0.2) is 4.98 Å². The van der Waals surface area contributed by atoms with Crippen molar-refractivity contribution in [3.63, 3.8) is 0 Å². The average molecular weight is 348 g/mol. The van der Waals surface area contributed by atoms with Crippen LogP contribution in [-0.4, -0.2) is 39.5 Å². The molecule has 1 heterocycles. The molecule has 24 heavy (non-hydrogen) atoms. The van der Waals surface area contributed by atoms with Crippen LogP contribution in [0, 0.1) is 0 Å². The number of carbonyl (C=O) groups is 2. The molecule has 0 saturated heterocycles. The van der Waals surface area contributed by atoms with E-state index in [4.69, 9.17) is 0 Å². The van der Waals surface area contributed by atoms with Crippen LogP contribution in [0.2, 0.25) is 0 Å². The summed E-state index contributed by atoms with van der Waals surface area (Å²) in [5.41, 5.74) is 0.217. The second-order valence-corrected chi connectivity index (χ2v) is 6.31. The van der Waals surface area contributed by atoms with Crippen LogP contribution in [0.25, 0.3) is 10.9 Å². The van der Waals surface area contributed by atoms with E-state index in [-0.39, 0.29) is 5.56 Å². The number of carboxylic acids is 1. The van der Waals surface area contributed by atoms with Crippen molar-refractivity contribution in [2.24, 2.45) is 0 Å². The van der Waals surface area contributed by atoms with Crippen LogP contribution in [0.1, 0.15) is 19.4 Å². The molecule has 1 aromatic carbocycles. The van der Waals surface area contributed by atoms with E-state index >= 15 is 0 Å². The molecule has 0 aliphatic rings. The van der Waals surface area contributed by atoms with E-state index in [1.54, 1.807) is 24.3 Å². The van der Waals surface area contributed by atoms with Crippen LogP contribution in [0.4, 0.5) is 0 Å². The maximum atomic E-state index is 12.7. The van der Waals surface area contributed by atoms with Crippen molar-refractivity contribution in [1.29, 1.82) is 0 Å². The van der Waals surface area contributed by atoms with Gasteiger partial charge in [0.05, 0.1) is 29.2 Å². The van der Waals surface area contributed by atoms with Crippen molar-refractivity contribution < 1.29 is 14.7 Å². The lowest BCUT2D eigenvalue weighted by Gasteiger charge is -2.22. The molecule has 0 fully saturated rings. The van der Waals surface area contributed by atoms with Gasteiger partial charge in [0, 0.05) is 0 Å². The predicted octanol–water partition coefficient (Wildman–Crippen LogP) is -0.0547. The number of fused-ring (bicyclic) bond motifs is 1. The molecule has 2 rings (SSSR count). The SMILES string of the molecule is CSCC[C@@H](C(=O)N[C@@H](C)C(=O)[O-])n1cnc2ccccc2c1=O. The number of hydrogen-bond acceptors (Lipinski definition) is 6. The lowest BCUT2D eigenvalue weighted by atomic mass is 10.1. The van der Waals surface area contributed by atoms with Gasteiger partial charge >= 0.3 is 0 Å². The average Bonchev–Trinajstić information content (AvgIpc) is 2.57. The third kappa shape index (κ3) is 3.94. The minimum absolute atomic E-state index is 0.331. The molecule has 0 radical (unpaired) electrons. The van der Waals surface area contributed by atoms with Crippen molar-refractivity contribution in [1.82, 2.24) is 14.9 Å². The topological polar surface area (TPSA) is 104 Å².